The fraction of sp³-hybridized carbons (Fsp3) is 0.250. The predicted molar refractivity (Wildman–Crippen MR) is 98.9 cm³/mol. The van der Waals surface area contributed by atoms with Gasteiger partial charge < -0.3 is 15.0 Å². The number of hydrogen-bond donors (Lipinski definition) is 1. The van der Waals surface area contributed by atoms with E-state index in [2.05, 4.69) is 10.1 Å². The summed E-state index contributed by atoms with van der Waals surface area (Å²) in [6.07, 6.45) is 0. The molecule has 0 fully saturated rings. The number of nitrogens with zero attached hydrogens (tertiary/aromatic N) is 2. The molecule has 1 aromatic carbocycles. The van der Waals surface area contributed by atoms with Gasteiger partial charge in [-0.05, 0) is 24.3 Å². The monoisotopic (exact) mass is 397 g/mol. The van der Waals surface area contributed by atoms with Crippen molar-refractivity contribution in [3.63, 3.8) is 0 Å². The van der Waals surface area contributed by atoms with E-state index < -0.39 is 16.8 Å². The minimum atomic E-state index is -0.612. The first kappa shape index (κ1) is 19.7. The van der Waals surface area contributed by atoms with Crippen LogP contribution < -0.4 is 10.2 Å². The number of hydrogen-bond acceptors (Lipinski definition) is 7. The summed E-state index contributed by atoms with van der Waals surface area (Å²) >= 11 is 7.29. The maximum Gasteiger partial charge on any atom is 0.325 e. The molecule has 0 radical (unpaired) electrons. The van der Waals surface area contributed by atoms with Crippen molar-refractivity contribution in [2.24, 2.45) is 0 Å². The van der Waals surface area contributed by atoms with Gasteiger partial charge in [-0.1, -0.05) is 11.6 Å². The van der Waals surface area contributed by atoms with Gasteiger partial charge in [0.15, 0.2) is 0 Å². The quantitative estimate of drug-likeness (QED) is 0.438. The molecular weight excluding hydrogens is 382 g/mol. The topological polar surface area (TPSA) is 102 Å². The van der Waals surface area contributed by atoms with E-state index in [4.69, 9.17) is 11.6 Å². The van der Waals surface area contributed by atoms with Gasteiger partial charge in [-0.15, -0.1) is 11.3 Å². The highest BCUT2D eigenvalue weighted by Crippen LogP contribution is 2.31. The standard InChI is InChI=1S/C16H16ClN3O5S/c1-19(9-11-4-6-14(17)26-11)12-5-3-10(7-13(12)20(23)24)16(22)18-8-15(21)25-2/h3-7H,8-9H2,1-2H3,(H,18,22). The van der Waals surface area contributed by atoms with Gasteiger partial charge in [-0.2, -0.15) is 0 Å². The number of thiophene rings is 1. The first-order valence-electron chi connectivity index (χ1n) is 7.40. The number of anilines is 1. The largest absolute Gasteiger partial charge is 0.468 e. The normalized spacial score (nSPS) is 10.3. The zero-order valence-corrected chi connectivity index (χ0v) is 15.6. The van der Waals surface area contributed by atoms with Crippen LogP contribution >= 0.6 is 22.9 Å². The Morgan fingerprint density at radius 2 is 2.08 bits per heavy atom. The van der Waals surface area contributed by atoms with Gasteiger partial charge in [0.1, 0.15) is 12.2 Å². The lowest BCUT2D eigenvalue weighted by atomic mass is 10.1. The SMILES string of the molecule is COC(=O)CNC(=O)c1ccc(N(C)Cc2ccc(Cl)s2)c([N+](=O)[O-])c1. The molecule has 2 rings (SSSR count). The number of nitro benzene ring substituents is 1. The van der Waals surface area contributed by atoms with Crippen molar-refractivity contribution in [3.8, 4) is 0 Å². The summed E-state index contributed by atoms with van der Waals surface area (Å²) in [6.45, 7) is 0.121. The van der Waals surface area contributed by atoms with E-state index in [1.807, 2.05) is 6.07 Å². The fourth-order valence-corrected chi connectivity index (χ4v) is 3.36. The van der Waals surface area contributed by atoms with Crippen molar-refractivity contribution in [3.05, 3.63) is 55.2 Å². The highest BCUT2D eigenvalue weighted by atomic mass is 35.5. The fourth-order valence-electron chi connectivity index (χ4n) is 2.22. The van der Waals surface area contributed by atoms with E-state index in [-0.39, 0.29) is 17.8 Å². The second kappa shape index (κ2) is 8.63. The number of esters is 1. The highest BCUT2D eigenvalue weighted by molar-refractivity contribution is 7.16. The number of methoxy groups -OCH3 is 1. The Labute approximate surface area is 158 Å². The van der Waals surface area contributed by atoms with Crippen molar-refractivity contribution in [1.29, 1.82) is 0 Å². The molecule has 8 nitrogen and oxygen atoms in total. The third kappa shape index (κ3) is 4.93. The summed E-state index contributed by atoms with van der Waals surface area (Å²) in [7, 11) is 2.91. The van der Waals surface area contributed by atoms with E-state index in [0.29, 0.717) is 16.6 Å². The lowest BCUT2D eigenvalue weighted by Gasteiger charge is -2.18. The van der Waals surface area contributed by atoms with Crippen LogP contribution in [0.5, 0.6) is 0 Å². The van der Waals surface area contributed by atoms with Gasteiger partial charge in [-0.3, -0.25) is 19.7 Å². The summed E-state index contributed by atoms with van der Waals surface area (Å²) in [6, 6.07) is 7.76. The van der Waals surface area contributed by atoms with Crippen LogP contribution in [0.4, 0.5) is 11.4 Å². The molecule has 0 saturated carbocycles. The Bertz CT molecular complexity index is 839. The zero-order valence-electron chi connectivity index (χ0n) is 14.0. The molecule has 0 bridgehead atoms. The predicted octanol–water partition coefficient (Wildman–Crippen LogP) is 2.85. The lowest BCUT2D eigenvalue weighted by molar-refractivity contribution is -0.384. The van der Waals surface area contributed by atoms with E-state index in [0.717, 1.165) is 4.88 Å². The number of nitrogens with one attached hydrogen (secondary N) is 1. The molecule has 0 unspecified atom stereocenters. The van der Waals surface area contributed by atoms with Gasteiger partial charge in [-0.25, -0.2) is 0 Å². The lowest BCUT2D eigenvalue weighted by Crippen LogP contribution is -2.30. The molecule has 1 aromatic heterocycles. The average molecular weight is 398 g/mol. The van der Waals surface area contributed by atoms with Crippen molar-refractivity contribution in [2.75, 3.05) is 25.6 Å². The molecule has 10 heteroatoms. The number of halogens is 1. The molecule has 1 heterocycles. The first-order chi connectivity index (χ1) is 12.3. The van der Waals surface area contributed by atoms with Gasteiger partial charge in [0.05, 0.1) is 22.9 Å². The molecule has 1 N–H and O–H groups in total. The summed E-state index contributed by atoms with van der Waals surface area (Å²) in [4.78, 5) is 36.7. The van der Waals surface area contributed by atoms with Crippen LogP contribution in [0.2, 0.25) is 4.34 Å². The zero-order chi connectivity index (χ0) is 19.3. The van der Waals surface area contributed by atoms with E-state index in [9.17, 15) is 19.7 Å². The van der Waals surface area contributed by atoms with Crippen LogP contribution in [0, 0.1) is 10.1 Å². The number of nitro groups is 1. The van der Waals surface area contributed by atoms with Crippen LogP contribution in [0.25, 0.3) is 0 Å². The average Bonchev–Trinajstić information content (AvgIpc) is 3.03. The van der Waals surface area contributed by atoms with Gasteiger partial charge in [0.2, 0.25) is 0 Å². The molecule has 0 spiro atoms. The van der Waals surface area contributed by atoms with E-state index in [1.54, 1.807) is 18.0 Å². The Morgan fingerprint density at radius 3 is 2.65 bits per heavy atom. The maximum atomic E-state index is 12.0. The summed E-state index contributed by atoms with van der Waals surface area (Å²) in [5.41, 5.74) is 0.238. The molecule has 138 valence electrons. The van der Waals surface area contributed by atoms with Gasteiger partial charge in [0.25, 0.3) is 11.6 Å². The van der Waals surface area contributed by atoms with Crippen LogP contribution in [0.3, 0.4) is 0 Å². The van der Waals surface area contributed by atoms with Crippen LogP contribution in [-0.2, 0) is 16.1 Å². The number of ether oxygens (including phenoxy) is 1. The van der Waals surface area contributed by atoms with Crippen LogP contribution in [0.15, 0.2) is 30.3 Å². The third-order valence-corrected chi connectivity index (χ3v) is 4.70. The third-order valence-electron chi connectivity index (χ3n) is 3.49. The Balaban J connectivity index is 2.21. The number of benzene rings is 1. The van der Waals surface area contributed by atoms with E-state index in [1.165, 1.54) is 36.6 Å². The number of rotatable bonds is 7. The number of carbonyl (C=O) groups excluding carboxylic acids is 2. The minimum absolute atomic E-state index is 0.0805. The second-order valence-corrected chi connectivity index (χ2v) is 7.08. The molecular formula is C16H16ClN3O5S. The van der Waals surface area contributed by atoms with E-state index >= 15 is 0 Å². The molecule has 2 aromatic rings. The molecule has 0 aliphatic heterocycles. The Kier molecular flexibility index (Phi) is 6.53. The molecule has 0 saturated heterocycles. The molecule has 0 atom stereocenters. The highest BCUT2D eigenvalue weighted by Gasteiger charge is 2.21. The molecule has 26 heavy (non-hydrogen) atoms. The minimum Gasteiger partial charge on any atom is -0.468 e. The summed E-state index contributed by atoms with van der Waals surface area (Å²) in [5.74, 6) is -1.21. The van der Waals surface area contributed by atoms with Crippen LogP contribution in [0.1, 0.15) is 15.2 Å². The molecule has 0 aliphatic rings. The summed E-state index contributed by atoms with van der Waals surface area (Å²) in [5, 5.41) is 13.8. The smallest absolute Gasteiger partial charge is 0.325 e. The van der Waals surface area contributed by atoms with Crippen LogP contribution in [-0.4, -0.2) is 37.5 Å². The molecule has 1 amide bonds. The molecule has 0 aliphatic carbocycles. The Morgan fingerprint density at radius 1 is 1.35 bits per heavy atom. The first-order valence-corrected chi connectivity index (χ1v) is 8.60. The summed E-state index contributed by atoms with van der Waals surface area (Å²) < 4.78 is 5.07. The van der Waals surface area contributed by atoms with Gasteiger partial charge in [0, 0.05) is 23.6 Å². The Hall–Kier alpha value is -2.65. The maximum absolute atomic E-state index is 12.0. The number of amides is 1. The van der Waals surface area contributed by atoms with Crippen molar-refractivity contribution in [2.45, 2.75) is 6.54 Å². The number of carbonyl (C=O) groups is 2. The van der Waals surface area contributed by atoms with Crippen molar-refractivity contribution in [1.82, 2.24) is 5.32 Å². The second-order valence-electron chi connectivity index (χ2n) is 5.28. The van der Waals surface area contributed by atoms with Crippen molar-refractivity contribution >= 4 is 46.2 Å². The van der Waals surface area contributed by atoms with Crippen molar-refractivity contribution < 1.29 is 19.2 Å². The van der Waals surface area contributed by atoms with Gasteiger partial charge >= 0.3 is 5.97 Å².